The zero-order chi connectivity index (χ0) is 9.68. The molecule has 0 aliphatic heterocycles. The average Bonchev–Trinajstić information content (AvgIpc) is 2.49. The van der Waals surface area contributed by atoms with E-state index in [-0.39, 0.29) is 5.91 Å². The molecule has 0 aromatic carbocycles. The zero-order valence-corrected chi connectivity index (χ0v) is 9.61. The number of hydrogen-bond acceptors (Lipinski definition) is 2. The molecule has 0 saturated heterocycles. The van der Waals surface area contributed by atoms with E-state index in [9.17, 15) is 4.79 Å². The van der Waals surface area contributed by atoms with Crippen LogP contribution in [0.1, 0.15) is 5.76 Å². The fourth-order valence-electron chi connectivity index (χ4n) is 0.701. The summed E-state index contributed by atoms with van der Waals surface area (Å²) in [6.45, 7) is 0.339. The lowest BCUT2D eigenvalue weighted by atomic mass is 10.4. The molecule has 0 saturated carbocycles. The van der Waals surface area contributed by atoms with Crippen LogP contribution < -0.4 is 5.32 Å². The van der Waals surface area contributed by atoms with Crippen molar-refractivity contribution in [2.45, 2.75) is 6.54 Å². The highest BCUT2D eigenvalue weighted by Gasteiger charge is 2.00. The second-order valence-corrected chi connectivity index (χ2v) is 3.29. The van der Waals surface area contributed by atoms with Crippen LogP contribution in [0.4, 0.5) is 0 Å². The van der Waals surface area contributed by atoms with Crippen molar-refractivity contribution in [2.24, 2.45) is 0 Å². The maximum absolute atomic E-state index is 10.9. The van der Waals surface area contributed by atoms with Crippen molar-refractivity contribution in [3.63, 3.8) is 0 Å². The number of nitrogens with one attached hydrogen (secondary N) is 1. The van der Waals surface area contributed by atoms with E-state index < -0.39 is 0 Å². The molecule has 1 aromatic rings. The predicted octanol–water partition coefficient (Wildman–Crippen LogP) is 2.01. The van der Waals surface area contributed by atoms with Crippen molar-refractivity contribution in [3.8, 4) is 10.8 Å². The molecule has 0 fully saturated rings. The van der Waals surface area contributed by atoms with Crippen molar-refractivity contribution >= 4 is 37.8 Å². The van der Waals surface area contributed by atoms with Crippen LogP contribution in [0.5, 0.6) is 0 Å². The normalized spacial score (nSPS) is 8.77. The van der Waals surface area contributed by atoms with Gasteiger partial charge in [-0.1, -0.05) is 0 Å². The summed E-state index contributed by atoms with van der Waals surface area (Å²) in [6, 6.07) is 3.53. The minimum absolute atomic E-state index is 0.339. The topological polar surface area (TPSA) is 42.2 Å². The van der Waals surface area contributed by atoms with E-state index in [1.54, 1.807) is 12.1 Å². The summed E-state index contributed by atoms with van der Waals surface area (Å²) in [5, 5.41) is 2.56. The van der Waals surface area contributed by atoms with Gasteiger partial charge in [0.25, 0.3) is 5.91 Å². The Labute approximate surface area is 92.1 Å². The SMILES string of the molecule is O=C(C#CBr)NCc1ccc(Br)o1. The first-order chi connectivity index (χ1) is 6.22. The minimum atomic E-state index is -0.343. The smallest absolute Gasteiger partial charge is 0.297 e. The fraction of sp³-hybridized carbons (Fsp3) is 0.125. The van der Waals surface area contributed by atoms with Crippen LogP contribution in [-0.2, 0) is 11.3 Å². The fourth-order valence-corrected chi connectivity index (χ4v) is 1.22. The Balaban J connectivity index is 2.42. The van der Waals surface area contributed by atoms with Crippen LogP contribution in [0.25, 0.3) is 0 Å². The molecule has 13 heavy (non-hydrogen) atoms. The van der Waals surface area contributed by atoms with E-state index in [2.05, 4.69) is 47.9 Å². The maximum Gasteiger partial charge on any atom is 0.297 e. The molecule has 0 bridgehead atoms. The number of furan rings is 1. The second-order valence-electron chi connectivity index (χ2n) is 2.11. The standard InChI is InChI=1S/C8H5Br2NO2/c9-4-3-8(12)11-5-6-1-2-7(10)13-6/h1-2H,5H2,(H,11,12). The number of carbonyl (C=O) groups excluding carboxylic acids is 1. The van der Waals surface area contributed by atoms with Crippen molar-refractivity contribution in [2.75, 3.05) is 0 Å². The first-order valence-corrected chi connectivity index (χ1v) is 4.94. The summed E-state index contributed by atoms with van der Waals surface area (Å²) in [5.74, 6) is 2.62. The summed E-state index contributed by atoms with van der Waals surface area (Å²) in [7, 11) is 0. The van der Waals surface area contributed by atoms with Crippen LogP contribution in [0.2, 0.25) is 0 Å². The van der Waals surface area contributed by atoms with Gasteiger partial charge in [-0.2, -0.15) is 0 Å². The van der Waals surface area contributed by atoms with Gasteiger partial charge in [-0.25, -0.2) is 0 Å². The van der Waals surface area contributed by atoms with Gasteiger partial charge in [0.15, 0.2) is 4.67 Å². The van der Waals surface area contributed by atoms with Crippen LogP contribution in [0.3, 0.4) is 0 Å². The highest BCUT2D eigenvalue weighted by molar-refractivity contribution is 9.12. The average molecular weight is 307 g/mol. The summed E-state index contributed by atoms with van der Waals surface area (Å²) in [4.78, 5) is 13.2. The predicted molar refractivity (Wildman–Crippen MR) is 55.0 cm³/mol. The molecule has 1 amide bonds. The third-order valence-electron chi connectivity index (χ3n) is 1.21. The second kappa shape index (κ2) is 5.10. The van der Waals surface area contributed by atoms with E-state index in [1.165, 1.54) is 0 Å². The quantitative estimate of drug-likeness (QED) is 0.849. The lowest BCUT2D eigenvalue weighted by Crippen LogP contribution is -2.20. The molecule has 0 radical (unpaired) electrons. The van der Waals surface area contributed by atoms with E-state index in [0.717, 1.165) is 0 Å². The van der Waals surface area contributed by atoms with E-state index in [4.69, 9.17) is 4.42 Å². The molecule has 0 atom stereocenters. The van der Waals surface area contributed by atoms with Crippen molar-refractivity contribution in [1.82, 2.24) is 5.32 Å². The Morgan fingerprint density at radius 3 is 2.92 bits per heavy atom. The summed E-state index contributed by atoms with van der Waals surface area (Å²) < 4.78 is 5.80. The van der Waals surface area contributed by atoms with Gasteiger partial charge in [0.1, 0.15) is 5.76 Å². The molecular weight excluding hydrogens is 302 g/mol. The minimum Gasteiger partial charge on any atom is -0.452 e. The van der Waals surface area contributed by atoms with Gasteiger partial charge >= 0.3 is 0 Å². The third kappa shape index (κ3) is 3.66. The highest BCUT2D eigenvalue weighted by atomic mass is 79.9. The lowest BCUT2D eigenvalue weighted by Gasteiger charge is -1.95. The van der Waals surface area contributed by atoms with Gasteiger partial charge in [0, 0.05) is 21.9 Å². The number of hydrogen-bond donors (Lipinski definition) is 1. The molecule has 1 aromatic heterocycles. The number of carbonyl (C=O) groups is 1. The van der Waals surface area contributed by atoms with Gasteiger partial charge in [0.2, 0.25) is 0 Å². The number of rotatable bonds is 2. The van der Waals surface area contributed by atoms with E-state index in [1.807, 2.05) is 0 Å². The monoisotopic (exact) mass is 305 g/mol. The van der Waals surface area contributed by atoms with Gasteiger partial charge < -0.3 is 9.73 Å². The third-order valence-corrected chi connectivity index (χ3v) is 1.84. The Kier molecular flexibility index (Phi) is 4.06. The Hall–Kier alpha value is -0.730. The molecular formula is C8H5Br2NO2. The molecule has 1 N–H and O–H groups in total. The largest absolute Gasteiger partial charge is 0.452 e. The molecule has 0 spiro atoms. The molecule has 68 valence electrons. The molecule has 0 aliphatic carbocycles. The van der Waals surface area contributed by atoms with Crippen LogP contribution in [0, 0.1) is 10.8 Å². The van der Waals surface area contributed by atoms with Gasteiger partial charge in [-0.3, -0.25) is 4.79 Å². The van der Waals surface area contributed by atoms with E-state index >= 15 is 0 Å². The molecule has 0 aliphatic rings. The lowest BCUT2D eigenvalue weighted by molar-refractivity contribution is -0.115. The van der Waals surface area contributed by atoms with Gasteiger partial charge in [-0.05, 0) is 32.9 Å². The maximum atomic E-state index is 10.9. The van der Waals surface area contributed by atoms with Crippen molar-refractivity contribution in [3.05, 3.63) is 22.6 Å². The molecule has 1 rings (SSSR count). The van der Waals surface area contributed by atoms with Crippen LogP contribution in [0.15, 0.2) is 21.2 Å². The number of amides is 1. The summed E-state index contributed by atoms with van der Waals surface area (Å²) >= 11 is 5.98. The van der Waals surface area contributed by atoms with Crippen LogP contribution in [-0.4, -0.2) is 5.91 Å². The Morgan fingerprint density at radius 2 is 2.38 bits per heavy atom. The molecule has 3 nitrogen and oxygen atoms in total. The first kappa shape index (κ1) is 10.4. The van der Waals surface area contributed by atoms with Gasteiger partial charge in [-0.15, -0.1) is 0 Å². The van der Waals surface area contributed by atoms with E-state index in [0.29, 0.717) is 17.0 Å². The summed E-state index contributed by atoms with van der Waals surface area (Å²) in [5.41, 5.74) is 0. The van der Waals surface area contributed by atoms with Gasteiger partial charge in [0.05, 0.1) is 6.54 Å². The summed E-state index contributed by atoms with van der Waals surface area (Å²) in [6.07, 6.45) is 0. The first-order valence-electron chi connectivity index (χ1n) is 3.36. The molecule has 0 unspecified atom stereocenters. The van der Waals surface area contributed by atoms with Crippen molar-refractivity contribution < 1.29 is 9.21 Å². The Morgan fingerprint density at radius 1 is 1.62 bits per heavy atom. The number of halogens is 2. The molecule has 5 heteroatoms. The Bertz CT molecular complexity index is 362. The highest BCUT2D eigenvalue weighted by Crippen LogP contribution is 2.13. The van der Waals surface area contributed by atoms with Crippen molar-refractivity contribution in [1.29, 1.82) is 0 Å². The molecule has 1 heterocycles. The zero-order valence-electron chi connectivity index (χ0n) is 6.43. The van der Waals surface area contributed by atoms with Crippen LogP contribution >= 0.6 is 31.9 Å².